The van der Waals surface area contributed by atoms with Gasteiger partial charge in [0.15, 0.2) is 0 Å². The largest absolute Gasteiger partial charge is 0.480 e. The Morgan fingerprint density at radius 2 is 1.51 bits per heavy atom. The van der Waals surface area contributed by atoms with Gasteiger partial charge in [-0.3, -0.25) is 9.78 Å². The van der Waals surface area contributed by atoms with E-state index in [-0.39, 0.29) is 18.1 Å². The molecule has 0 amide bonds. The number of pyridine rings is 1. The van der Waals surface area contributed by atoms with Gasteiger partial charge in [0.05, 0.1) is 23.3 Å². The number of hydrogen-bond acceptors (Lipinski definition) is 7. The lowest BCUT2D eigenvalue weighted by Crippen LogP contribution is -2.49. The maximum atomic E-state index is 13.5. The van der Waals surface area contributed by atoms with Crippen molar-refractivity contribution < 1.29 is 13.2 Å². The molecule has 0 atom stereocenters. The Labute approximate surface area is 215 Å². The van der Waals surface area contributed by atoms with Crippen LogP contribution in [0.5, 0.6) is 5.75 Å². The minimum Gasteiger partial charge on any atom is -0.480 e. The number of piperazine rings is 1. The molecule has 1 aliphatic rings. The first-order valence-corrected chi connectivity index (χ1v) is 13.6. The summed E-state index contributed by atoms with van der Waals surface area (Å²) in [6.07, 6.45) is 3.28. The van der Waals surface area contributed by atoms with E-state index in [2.05, 4.69) is 10.1 Å². The van der Waals surface area contributed by atoms with Gasteiger partial charge in [0.2, 0.25) is 15.8 Å². The lowest BCUT2D eigenvalue weighted by molar-refractivity contribution is 0.293. The molecule has 2 aromatic carbocycles. The zero-order chi connectivity index (χ0) is 25.7. The van der Waals surface area contributed by atoms with Gasteiger partial charge in [-0.1, -0.05) is 54.6 Å². The molecule has 0 spiro atoms. The van der Waals surface area contributed by atoms with Gasteiger partial charge in [0, 0.05) is 32.4 Å². The summed E-state index contributed by atoms with van der Waals surface area (Å²) in [5.41, 5.74) is 2.21. The molecule has 5 rings (SSSR count). The van der Waals surface area contributed by atoms with Crippen molar-refractivity contribution in [3.63, 3.8) is 0 Å². The quantitative estimate of drug-likeness (QED) is 0.355. The Morgan fingerprint density at radius 3 is 2.19 bits per heavy atom. The highest BCUT2D eigenvalue weighted by Gasteiger charge is 2.29. The van der Waals surface area contributed by atoms with Crippen molar-refractivity contribution in [2.45, 2.75) is 12.4 Å². The van der Waals surface area contributed by atoms with Crippen molar-refractivity contribution in [2.24, 2.45) is 0 Å². The molecule has 3 heterocycles. The Balaban J connectivity index is 1.38. The predicted molar refractivity (Wildman–Crippen MR) is 141 cm³/mol. The van der Waals surface area contributed by atoms with E-state index in [9.17, 15) is 13.2 Å². The SMILES string of the molecule is O=c1c(OCc2ccccn2)c(N2CCN(S(=O)(=O)Cc3ccccc3)CC2)cnn1-c1ccccc1. The van der Waals surface area contributed by atoms with E-state index in [0.29, 0.717) is 43.2 Å². The molecule has 10 heteroatoms. The van der Waals surface area contributed by atoms with Crippen LogP contribution in [0.2, 0.25) is 0 Å². The molecule has 1 fully saturated rings. The van der Waals surface area contributed by atoms with Crippen LogP contribution < -0.4 is 15.2 Å². The number of anilines is 1. The van der Waals surface area contributed by atoms with Crippen LogP contribution in [0.3, 0.4) is 0 Å². The average molecular weight is 518 g/mol. The third-order valence-corrected chi connectivity index (χ3v) is 8.02. The fourth-order valence-electron chi connectivity index (χ4n) is 4.26. The predicted octanol–water partition coefficient (Wildman–Crippen LogP) is 2.86. The van der Waals surface area contributed by atoms with Gasteiger partial charge >= 0.3 is 5.56 Å². The van der Waals surface area contributed by atoms with E-state index in [1.807, 2.05) is 71.6 Å². The zero-order valence-corrected chi connectivity index (χ0v) is 21.0. The topological polar surface area (TPSA) is 97.6 Å². The summed E-state index contributed by atoms with van der Waals surface area (Å²) in [5, 5.41) is 4.40. The lowest BCUT2D eigenvalue weighted by atomic mass is 10.2. The number of hydrogen-bond donors (Lipinski definition) is 0. The number of ether oxygens (including phenoxy) is 1. The molecule has 190 valence electrons. The van der Waals surface area contributed by atoms with E-state index < -0.39 is 15.6 Å². The maximum absolute atomic E-state index is 13.5. The molecule has 0 unspecified atom stereocenters. The second kappa shape index (κ2) is 10.9. The summed E-state index contributed by atoms with van der Waals surface area (Å²) in [6.45, 7) is 1.54. The Hall–Kier alpha value is -4.02. The molecule has 0 saturated carbocycles. The van der Waals surface area contributed by atoms with Crippen LogP contribution in [0.4, 0.5) is 5.69 Å². The van der Waals surface area contributed by atoms with E-state index in [4.69, 9.17) is 4.74 Å². The molecule has 0 bridgehead atoms. The van der Waals surface area contributed by atoms with Crippen molar-refractivity contribution in [3.05, 3.63) is 113 Å². The molecular weight excluding hydrogens is 490 g/mol. The maximum Gasteiger partial charge on any atom is 0.316 e. The molecule has 37 heavy (non-hydrogen) atoms. The van der Waals surface area contributed by atoms with Crippen LogP contribution in [0, 0.1) is 0 Å². The van der Waals surface area contributed by atoms with Crippen LogP contribution in [-0.4, -0.2) is 53.7 Å². The number of para-hydroxylation sites is 1. The standard InChI is InChI=1S/C27H27N5O4S/c33-27-26(36-20-23-11-7-8-14-28-23)25(19-29-32(27)24-12-5-2-6-13-24)30-15-17-31(18-16-30)37(34,35)21-22-9-3-1-4-10-22/h1-14,19H,15-18,20-21H2. The fourth-order valence-corrected chi connectivity index (χ4v) is 5.77. The first-order chi connectivity index (χ1) is 18.0. The molecule has 1 aliphatic heterocycles. The highest BCUT2D eigenvalue weighted by molar-refractivity contribution is 7.88. The number of sulfonamides is 1. The van der Waals surface area contributed by atoms with Gasteiger partial charge in [-0.15, -0.1) is 0 Å². The van der Waals surface area contributed by atoms with E-state index in [1.165, 1.54) is 8.99 Å². The van der Waals surface area contributed by atoms with Gasteiger partial charge in [0.1, 0.15) is 12.3 Å². The zero-order valence-electron chi connectivity index (χ0n) is 20.2. The third kappa shape index (κ3) is 5.71. The molecule has 4 aromatic rings. The molecular formula is C27H27N5O4S. The second-order valence-corrected chi connectivity index (χ2v) is 10.6. The fraction of sp³-hybridized carbons (Fsp3) is 0.222. The van der Waals surface area contributed by atoms with Gasteiger partial charge in [-0.25, -0.2) is 8.42 Å². The molecule has 0 radical (unpaired) electrons. The van der Waals surface area contributed by atoms with Gasteiger partial charge in [-0.2, -0.15) is 14.1 Å². The van der Waals surface area contributed by atoms with Crippen molar-refractivity contribution >= 4 is 15.7 Å². The first kappa shape index (κ1) is 24.7. The van der Waals surface area contributed by atoms with E-state index in [0.717, 1.165) is 5.56 Å². The summed E-state index contributed by atoms with van der Waals surface area (Å²) in [5.74, 6) is 0.117. The van der Waals surface area contributed by atoms with Crippen LogP contribution in [0.1, 0.15) is 11.3 Å². The summed E-state index contributed by atoms with van der Waals surface area (Å²) >= 11 is 0. The minimum absolute atomic E-state index is 0.0407. The van der Waals surface area contributed by atoms with Crippen molar-refractivity contribution in [2.75, 3.05) is 31.1 Å². The van der Waals surface area contributed by atoms with Crippen LogP contribution in [0.25, 0.3) is 5.69 Å². The van der Waals surface area contributed by atoms with Gasteiger partial charge in [-0.05, 0) is 29.8 Å². The van der Waals surface area contributed by atoms with E-state index in [1.54, 1.807) is 24.5 Å². The Morgan fingerprint density at radius 1 is 0.838 bits per heavy atom. The highest BCUT2D eigenvalue weighted by atomic mass is 32.2. The number of benzene rings is 2. The number of aromatic nitrogens is 3. The Kier molecular flexibility index (Phi) is 7.29. The normalized spacial score (nSPS) is 14.4. The van der Waals surface area contributed by atoms with Gasteiger partial charge in [0.25, 0.3) is 0 Å². The van der Waals surface area contributed by atoms with Crippen LogP contribution >= 0.6 is 0 Å². The van der Waals surface area contributed by atoms with Crippen molar-refractivity contribution in [1.82, 2.24) is 19.1 Å². The highest BCUT2D eigenvalue weighted by Crippen LogP contribution is 2.27. The molecule has 9 nitrogen and oxygen atoms in total. The first-order valence-electron chi connectivity index (χ1n) is 12.0. The van der Waals surface area contributed by atoms with Crippen LogP contribution in [-0.2, 0) is 22.4 Å². The van der Waals surface area contributed by atoms with Crippen LogP contribution in [0.15, 0.2) is 96.1 Å². The summed E-state index contributed by atoms with van der Waals surface area (Å²) in [4.78, 5) is 19.7. The average Bonchev–Trinajstić information content (AvgIpc) is 2.94. The smallest absolute Gasteiger partial charge is 0.316 e. The minimum atomic E-state index is -3.46. The van der Waals surface area contributed by atoms with Gasteiger partial charge < -0.3 is 9.64 Å². The number of nitrogens with zero attached hydrogens (tertiary/aromatic N) is 5. The lowest BCUT2D eigenvalue weighted by Gasteiger charge is -2.35. The van der Waals surface area contributed by atoms with Crippen molar-refractivity contribution in [3.8, 4) is 11.4 Å². The second-order valence-electron chi connectivity index (χ2n) is 8.65. The molecule has 0 N–H and O–H groups in total. The monoisotopic (exact) mass is 517 g/mol. The summed E-state index contributed by atoms with van der Waals surface area (Å²) in [7, 11) is -3.46. The summed E-state index contributed by atoms with van der Waals surface area (Å²) in [6, 6.07) is 23.8. The number of rotatable bonds is 8. The van der Waals surface area contributed by atoms with Crippen molar-refractivity contribution in [1.29, 1.82) is 0 Å². The molecule has 2 aromatic heterocycles. The Bertz CT molecular complexity index is 1490. The third-order valence-electron chi connectivity index (χ3n) is 6.17. The van der Waals surface area contributed by atoms with E-state index >= 15 is 0 Å². The summed E-state index contributed by atoms with van der Waals surface area (Å²) < 4.78 is 34.8. The molecule has 1 saturated heterocycles. The molecule has 0 aliphatic carbocycles.